The minimum atomic E-state index is -3.65. The standard InChI is InChI=1S/C32H30N6O4S/c1-43(41,42)38-19-24-15-23(17-33)11-12-29(24)37(20-25(38)16-22-7-3-2-4-8-22)30(28-18-34-21-35-28)13-14-36-31(39)26-9-5-6-10-27(26)32(36)40/h2-12,15,18,21,25,30H,13-14,16,19-20H2,1H3,(H,34,35)/t25-,30?/m1/s1. The van der Waals surface area contributed by atoms with Gasteiger partial charge >= 0.3 is 0 Å². The van der Waals surface area contributed by atoms with Crippen LogP contribution in [0.15, 0.2) is 85.3 Å². The van der Waals surface area contributed by atoms with E-state index in [1.54, 1.807) is 48.9 Å². The highest BCUT2D eigenvalue weighted by molar-refractivity contribution is 7.88. The number of nitrogens with zero attached hydrogens (tertiary/aromatic N) is 5. The quantitative estimate of drug-likeness (QED) is 0.306. The number of carbonyl (C=O) groups is 2. The van der Waals surface area contributed by atoms with Gasteiger partial charge in [0.25, 0.3) is 11.8 Å². The number of imide groups is 1. The van der Waals surface area contributed by atoms with Gasteiger partial charge in [-0.15, -0.1) is 0 Å². The van der Waals surface area contributed by atoms with Gasteiger partial charge in [0, 0.05) is 31.4 Å². The molecule has 43 heavy (non-hydrogen) atoms. The van der Waals surface area contributed by atoms with Crippen molar-refractivity contribution in [1.82, 2.24) is 19.2 Å². The summed E-state index contributed by atoms with van der Waals surface area (Å²) in [6.07, 6.45) is 5.33. The number of anilines is 1. The van der Waals surface area contributed by atoms with E-state index in [0.717, 1.165) is 16.9 Å². The number of amides is 2. The summed E-state index contributed by atoms with van der Waals surface area (Å²) in [4.78, 5) is 37.2. The maximum absolute atomic E-state index is 13.2. The number of aromatic nitrogens is 2. The van der Waals surface area contributed by atoms with Gasteiger partial charge in [-0.3, -0.25) is 14.5 Å². The van der Waals surface area contributed by atoms with Gasteiger partial charge in [-0.05, 0) is 54.3 Å². The Hall–Kier alpha value is -4.79. The minimum absolute atomic E-state index is 0.103. The molecule has 218 valence electrons. The van der Waals surface area contributed by atoms with Gasteiger partial charge < -0.3 is 9.88 Å². The second-order valence-corrected chi connectivity index (χ2v) is 12.8. The molecule has 1 N–H and O–H groups in total. The third kappa shape index (κ3) is 5.55. The van der Waals surface area contributed by atoms with Crippen LogP contribution >= 0.6 is 0 Å². The maximum atomic E-state index is 13.2. The number of hydrogen-bond acceptors (Lipinski definition) is 7. The van der Waals surface area contributed by atoms with Crippen molar-refractivity contribution in [1.29, 1.82) is 5.26 Å². The number of sulfonamides is 1. The van der Waals surface area contributed by atoms with Crippen molar-refractivity contribution in [3.63, 3.8) is 0 Å². The van der Waals surface area contributed by atoms with Gasteiger partial charge in [0.2, 0.25) is 10.0 Å². The van der Waals surface area contributed by atoms with Crippen LogP contribution in [-0.2, 0) is 23.0 Å². The second-order valence-electron chi connectivity index (χ2n) is 10.9. The number of nitriles is 1. The molecule has 4 aromatic rings. The fraction of sp³-hybridized carbons (Fsp3) is 0.250. The summed E-state index contributed by atoms with van der Waals surface area (Å²) in [5.74, 6) is -0.659. The topological polar surface area (TPSA) is 130 Å². The molecular weight excluding hydrogens is 564 g/mol. The Labute approximate surface area is 250 Å². The Bertz CT molecular complexity index is 1780. The Morgan fingerprint density at radius 2 is 1.72 bits per heavy atom. The highest BCUT2D eigenvalue weighted by atomic mass is 32.2. The highest BCUT2D eigenvalue weighted by Crippen LogP contribution is 2.38. The highest BCUT2D eigenvalue weighted by Gasteiger charge is 2.39. The summed E-state index contributed by atoms with van der Waals surface area (Å²) in [6, 6.07) is 23.2. The van der Waals surface area contributed by atoms with Crippen LogP contribution in [0.1, 0.15) is 55.6 Å². The molecule has 11 heteroatoms. The first-order valence-electron chi connectivity index (χ1n) is 14.0. The van der Waals surface area contributed by atoms with Crippen molar-refractivity contribution < 1.29 is 18.0 Å². The molecule has 0 fully saturated rings. The molecule has 0 spiro atoms. The van der Waals surface area contributed by atoms with Crippen LogP contribution < -0.4 is 4.90 Å². The molecule has 0 radical (unpaired) electrons. The molecule has 1 unspecified atom stereocenters. The zero-order valence-corrected chi connectivity index (χ0v) is 24.4. The number of nitrogens with one attached hydrogen (secondary N) is 1. The second kappa shape index (κ2) is 11.5. The lowest BCUT2D eigenvalue weighted by molar-refractivity contribution is 0.0649. The molecule has 3 heterocycles. The number of H-pyrrole nitrogens is 1. The van der Waals surface area contributed by atoms with Crippen LogP contribution in [0.25, 0.3) is 0 Å². The summed E-state index contributed by atoms with van der Waals surface area (Å²) >= 11 is 0. The first kappa shape index (κ1) is 28.3. The molecule has 2 aliphatic rings. The summed E-state index contributed by atoms with van der Waals surface area (Å²) in [5.41, 5.74) is 4.45. The molecule has 10 nitrogen and oxygen atoms in total. The fourth-order valence-electron chi connectivity index (χ4n) is 6.13. The molecule has 1 aromatic heterocycles. The minimum Gasteiger partial charge on any atom is -0.361 e. The molecule has 0 aliphatic carbocycles. The number of benzene rings is 3. The van der Waals surface area contributed by atoms with Crippen molar-refractivity contribution in [2.45, 2.75) is 31.5 Å². The van der Waals surface area contributed by atoms with E-state index in [0.29, 0.717) is 41.6 Å². The molecule has 0 saturated carbocycles. The van der Waals surface area contributed by atoms with Crippen LogP contribution in [0, 0.1) is 11.3 Å². The van der Waals surface area contributed by atoms with E-state index in [-0.39, 0.29) is 24.9 Å². The van der Waals surface area contributed by atoms with Crippen molar-refractivity contribution in [2.24, 2.45) is 0 Å². The van der Waals surface area contributed by atoms with Crippen LogP contribution in [0.5, 0.6) is 0 Å². The summed E-state index contributed by atoms with van der Waals surface area (Å²) in [5, 5.41) is 9.66. The van der Waals surface area contributed by atoms with Crippen molar-refractivity contribution in [3.8, 4) is 6.07 Å². The first-order valence-corrected chi connectivity index (χ1v) is 15.8. The van der Waals surface area contributed by atoms with Crippen LogP contribution in [0.2, 0.25) is 0 Å². The summed E-state index contributed by atoms with van der Waals surface area (Å²) in [7, 11) is -3.65. The lowest BCUT2D eigenvalue weighted by atomic mass is 10.0. The predicted octanol–water partition coefficient (Wildman–Crippen LogP) is 3.90. The lowest BCUT2D eigenvalue weighted by Crippen LogP contribution is -2.46. The molecule has 2 aliphatic heterocycles. The van der Waals surface area contributed by atoms with E-state index in [4.69, 9.17) is 0 Å². The van der Waals surface area contributed by atoms with Crippen LogP contribution in [0.3, 0.4) is 0 Å². The maximum Gasteiger partial charge on any atom is 0.261 e. The monoisotopic (exact) mass is 594 g/mol. The van der Waals surface area contributed by atoms with Crippen molar-refractivity contribution in [2.75, 3.05) is 24.2 Å². The van der Waals surface area contributed by atoms with E-state index in [2.05, 4.69) is 20.9 Å². The zero-order valence-electron chi connectivity index (χ0n) is 23.6. The number of imidazole rings is 1. The predicted molar refractivity (Wildman–Crippen MR) is 161 cm³/mol. The van der Waals surface area contributed by atoms with E-state index < -0.39 is 22.1 Å². The Kier molecular flexibility index (Phi) is 7.56. The average Bonchev–Trinajstić information content (AvgIpc) is 3.58. The molecule has 3 aromatic carbocycles. The van der Waals surface area contributed by atoms with Crippen LogP contribution in [0.4, 0.5) is 5.69 Å². The molecule has 2 atom stereocenters. The van der Waals surface area contributed by atoms with E-state index in [9.17, 15) is 23.3 Å². The van der Waals surface area contributed by atoms with Gasteiger partial charge in [-0.1, -0.05) is 42.5 Å². The third-order valence-corrected chi connectivity index (χ3v) is 9.44. The van der Waals surface area contributed by atoms with Crippen molar-refractivity contribution in [3.05, 3.63) is 119 Å². The zero-order chi connectivity index (χ0) is 30.1. The molecule has 2 amide bonds. The van der Waals surface area contributed by atoms with E-state index in [1.165, 1.54) is 15.5 Å². The molecule has 6 rings (SSSR count). The Morgan fingerprint density at radius 3 is 2.35 bits per heavy atom. The fourth-order valence-corrected chi connectivity index (χ4v) is 7.19. The lowest BCUT2D eigenvalue weighted by Gasteiger charge is -2.37. The Balaban J connectivity index is 1.41. The number of carbonyl (C=O) groups excluding carboxylic acids is 2. The Morgan fingerprint density at radius 1 is 1.02 bits per heavy atom. The SMILES string of the molecule is CS(=O)(=O)N1Cc2cc(C#N)ccc2N(C(CCN2C(=O)c3ccccc3C2=O)c2cnc[nH]2)C[C@H]1Cc1ccccc1. The first-order chi connectivity index (χ1) is 20.7. The van der Waals surface area contributed by atoms with Gasteiger partial charge in [-0.2, -0.15) is 9.57 Å². The van der Waals surface area contributed by atoms with Crippen molar-refractivity contribution >= 4 is 27.5 Å². The van der Waals surface area contributed by atoms with Crippen LogP contribution in [-0.4, -0.2) is 64.8 Å². The third-order valence-electron chi connectivity index (χ3n) is 8.16. The molecule has 0 bridgehead atoms. The largest absolute Gasteiger partial charge is 0.361 e. The molecule has 0 saturated heterocycles. The molecular formula is C32H30N6O4S. The smallest absolute Gasteiger partial charge is 0.261 e. The number of hydrogen-bond donors (Lipinski definition) is 1. The van der Waals surface area contributed by atoms with Gasteiger partial charge in [-0.25, -0.2) is 13.4 Å². The number of rotatable bonds is 8. The van der Waals surface area contributed by atoms with Gasteiger partial charge in [0.05, 0.1) is 53.3 Å². The van der Waals surface area contributed by atoms with Gasteiger partial charge in [0.15, 0.2) is 0 Å². The number of fused-ring (bicyclic) bond motifs is 2. The summed E-state index contributed by atoms with van der Waals surface area (Å²) in [6.45, 7) is 0.579. The average molecular weight is 595 g/mol. The van der Waals surface area contributed by atoms with E-state index in [1.807, 2.05) is 36.4 Å². The summed E-state index contributed by atoms with van der Waals surface area (Å²) < 4.78 is 28.0. The van der Waals surface area contributed by atoms with E-state index >= 15 is 0 Å². The van der Waals surface area contributed by atoms with Gasteiger partial charge in [0.1, 0.15) is 0 Å². The normalized spacial score (nSPS) is 17.7. The number of aromatic amines is 1.